The molecule has 28 heavy (non-hydrogen) atoms. The van der Waals surface area contributed by atoms with E-state index < -0.39 is 18.2 Å². The smallest absolute Gasteiger partial charge is 0.422 e. The van der Waals surface area contributed by atoms with Gasteiger partial charge in [-0.2, -0.15) is 13.2 Å². The van der Waals surface area contributed by atoms with Gasteiger partial charge in [-0.25, -0.2) is 0 Å². The number of aryl methyl sites for hydroxylation is 1. The van der Waals surface area contributed by atoms with Gasteiger partial charge in [0.1, 0.15) is 5.75 Å². The van der Waals surface area contributed by atoms with Gasteiger partial charge in [-0.3, -0.25) is 9.79 Å². The zero-order valence-corrected chi connectivity index (χ0v) is 17.0. The second-order valence-electron chi connectivity index (χ2n) is 7.04. The first-order valence-corrected chi connectivity index (χ1v) is 9.00. The number of alkyl halides is 3. The van der Waals surface area contributed by atoms with Crippen LogP contribution in [0.5, 0.6) is 5.75 Å². The maximum Gasteiger partial charge on any atom is 0.422 e. The average Bonchev–Trinajstić information content (AvgIpc) is 2.60. The standard InChI is InChI=1S/C19H29F3N4O2/c1-6-24-16(27)18(3,4)11-26-17(23-5)25-10-14-8-7-13(2)9-15(14)28-12-19(20,21)22/h7-9H,6,10-12H2,1-5H3,(H,24,27)(H2,23,25,26). The molecule has 0 aromatic heterocycles. The number of hydrogen-bond acceptors (Lipinski definition) is 3. The van der Waals surface area contributed by atoms with E-state index in [9.17, 15) is 18.0 Å². The van der Waals surface area contributed by atoms with Gasteiger partial charge in [0.2, 0.25) is 5.91 Å². The monoisotopic (exact) mass is 402 g/mol. The van der Waals surface area contributed by atoms with E-state index in [4.69, 9.17) is 4.74 Å². The SMILES string of the molecule is CCNC(=O)C(C)(C)CNC(=NC)NCc1ccc(C)cc1OCC(F)(F)F. The third-order valence-corrected chi connectivity index (χ3v) is 3.93. The molecule has 0 fully saturated rings. The molecule has 9 heteroatoms. The molecule has 0 unspecified atom stereocenters. The van der Waals surface area contributed by atoms with Gasteiger partial charge in [0, 0.05) is 32.2 Å². The number of nitrogens with zero attached hydrogens (tertiary/aromatic N) is 1. The van der Waals surface area contributed by atoms with Gasteiger partial charge in [0.05, 0.1) is 5.41 Å². The van der Waals surface area contributed by atoms with Crippen molar-refractivity contribution < 1.29 is 22.7 Å². The quantitative estimate of drug-likeness (QED) is 0.462. The van der Waals surface area contributed by atoms with E-state index in [0.29, 0.717) is 24.6 Å². The Morgan fingerprint density at radius 2 is 1.86 bits per heavy atom. The van der Waals surface area contributed by atoms with Crippen molar-refractivity contribution in [3.63, 3.8) is 0 Å². The fourth-order valence-corrected chi connectivity index (χ4v) is 2.29. The average molecular weight is 402 g/mol. The van der Waals surface area contributed by atoms with Gasteiger partial charge >= 0.3 is 6.18 Å². The number of rotatable bonds is 8. The van der Waals surface area contributed by atoms with Crippen LogP contribution < -0.4 is 20.7 Å². The van der Waals surface area contributed by atoms with Crippen LogP contribution in [0.1, 0.15) is 31.9 Å². The number of hydrogen-bond donors (Lipinski definition) is 3. The first kappa shape index (κ1) is 23.6. The van der Waals surface area contributed by atoms with Crippen molar-refractivity contribution in [3.05, 3.63) is 29.3 Å². The summed E-state index contributed by atoms with van der Waals surface area (Å²) in [5.74, 6) is 0.516. The van der Waals surface area contributed by atoms with Crippen molar-refractivity contribution in [1.29, 1.82) is 0 Å². The number of ether oxygens (including phenoxy) is 1. The molecule has 0 aliphatic heterocycles. The molecule has 0 radical (unpaired) electrons. The second-order valence-corrected chi connectivity index (χ2v) is 7.04. The highest BCUT2D eigenvalue weighted by Gasteiger charge is 2.29. The second kappa shape index (κ2) is 10.2. The van der Waals surface area contributed by atoms with Crippen molar-refractivity contribution in [1.82, 2.24) is 16.0 Å². The summed E-state index contributed by atoms with van der Waals surface area (Å²) in [7, 11) is 1.57. The van der Waals surface area contributed by atoms with Gasteiger partial charge in [-0.15, -0.1) is 0 Å². The molecule has 0 spiro atoms. The third-order valence-electron chi connectivity index (χ3n) is 3.93. The summed E-state index contributed by atoms with van der Waals surface area (Å²) in [6.07, 6.45) is -4.41. The molecule has 0 aliphatic carbocycles. The summed E-state index contributed by atoms with van der Waals surface area (Å²) < 4.78 is 42.4. The van der Waals surface area contributed by atoms with Crippen molar-refractivity contribution in [2.45, 2.75) is 40.4 Å². The Labute approximate surface area is 163 Å². The number of aliphatic imine (C=N–C) groups is 1. The number of carbonyl (C=O) groups is 1. The molecule has 6 nitrogen and oxygen atoms in total. The van der Waals surface area contributed by atoms with Gasteiger partial charge in [0.15, 0.2) is 12.6 Å². The Kier molecular flexibility index (Phi) is 8.59. The molecule has 0 saturated heterocycles. The van der Waals surface area contributed by atoms with Gasteiger partial charge < -0.3 is 20.7 Å². The predicted molar refractivity (Wildman–Crippen MR) is 103 cm³/mol. The summed E-state index contributed by atoms with van der Waals surface area (Å²) in [4.78, 5) is 16.1. The number of benzene rings is 1. The minimum Gasteiger partial charge on any atom is -0.484 e. The number of halogens is 3. The van der Waals surface area contributed by atoms with Crippen LogP contribution in [0.2, 0.25) is 0 Å². The van der Waals surface area contributed by atoms with Gasteiger partial charge in [0.25, 0.3) is 0 Å². The zero-order valence-electron chi connectivity index (χ0n) is 17.0. The Balaban J connectivity index is 2.72. The summed E-state index contributed by atoms with van der Waals surface area (Å²) in [5.41, 5.74) is 0.714. The number of amides is 1. The van der Waals surface area contributed by atoms with E-state index in [0.717, 1.165) is 5.56 Å². The minimum absolute atomic E-state index is 0.0840. The van der Waals surface area contributed by atoms with Crippen molar-refractivity contribution in [2.75, 3.05) is 26.7 Å². The molecule has 158 valence electrons. The van der Waals surface area contributed by atoms with Crippen LogP contribution >= 0.6 is 0 Å². The molecule has 1 aromatic rings. The lowest BCUT2D eigenvalue weighted by Gasteiger charge is -2.25. The summed E-state index contributed by atoms with van der Waals surface area (Å²) in [5, 5.41) is 8.87. The first-order chi connectivity index (χ1) is 13.0. The molecule has 1 rings (SSSR count). The van der Waals surface area contributed by atoms with Crippen molar-refractivity contribution in [2.24, 2.45) is 10.4 Å². The van der Waals surface area contributed by atoms with E-state index >= 15 is 0 Å². The van der Waals surface area contributed by atoms with E-state index in [1.54, 1.807) is 46.0 Å². The fourth-order valence-electron chi connectivity index (χ4n) is 2.29. The van der Waals surface area contributed by atoms with Crippen LogP contribution in [0, 0.1) is 12.3 Å². The van der Waals surface area contributed by atoms with Crippen LogP contribution in [-0.2, 0) is 11.3 Å². The number of carbonyl (C=O) groups excluding carboxylic acids is 1. The summed E-state index contributed by atoms with van der Waals surface area (Å²) >= 11 is 0. The number of guanidine groups is 1. The zero-order chi connectivity index (χ0) is 21.4. The molecule has 0 heterocycles. The van der Waals surface area contributed by atoms with Crippen LogP contribution in [0.15, 0.2) is 23.2 Å². The van der Waals surface area contributed by atoms with E-state index in [1.807, 2.05) is 6.92 Å². The summed E-state index contributed by atoms with van der Waals surface area (Å²) in [6, 6.07) is 5.07. The maximum absolute atomic E-state index is 12.5. The molecule has 0 aliphatic rings. The fraction of sp³-hybridized carbons (Fsp3) is 0.579. The lowest BCUT2D eigenvalue weighted by atomic mass is 9.92. The highest BCUT2D eigenvalue weighted by atomic mass is 19.4. The Bertz CT molecular complexity index is 688. The Morgan fingerprint density at radius 3 is 2.43 bits per heavy atom. The molecule has 3 N–H and O–H groups in total. The van der Waals surface area contributed by atoms with Crippen LogP contribution in [0.4, 0.5) is 13.2 Å². The van der Waals surface area contributed by atoms with Crippen molar-refractivity contribution in [3.8, 4) is 5.75 Å². The predicted octanol–water partition coefficient (Wildman–Crippen LogP) is 2.76. The number of nitrogens with one attached hydrogen (secondary N) is 3. The Morgan fingerprint density at radius 1 is 1.18 bits per heavy atom. The normalized spacial score (nSPS) is 12.5. The molecule has 1 aromatic carbocycles. The highest BCUT2D eigenvalue weighted by Crippen LogP contribution is 2.23. The van der Waals surface area contributed by atoms with Gasteiger partial charge in [-0.05, 0) is 39.3 Å². The molecular formula is C19H29F3N4O2. The minimum atomic E-state index is -4.41. The van der Waals surface area contributed by atoms with Crippen LogP contribution in [-0.4, -0.2) is 44.8 Å². The Hall–Kier alpha value is -2.45. The molecule has 0 saturated carbocycles. The lowest BCUT2D eigenvalue weighted by molar-refractivity contribution is -0.153. The molecular weight excluding hydrogens is 373 g/mol. The van der Waals surface area contributed by atoms with E-state index in [-0.39, 0.29) is 18.2 Å². The van der Waals surface area contributed by atoms with E-state index in [2.05, 4.69) is 20.9 Å². The van der Waals surface area contributed by atoms with Crippen LogP contribution in [0.25, 0.3) is 0 Å². The van der Waals surface area contributed by atoms with E-state index in [1.165, 1.54) is 0 Å². The maximum atomic E-state index is 12.5. The summed E-state index contributed by atoms with van der Waals surface area (Å²) in [6.45, 7) is 6.99. The van der Waals surface area contributed by atoms with Crippen LogP contribution in [0.3, 0.4) is 0 Å². The highest BCUT2D eigenvalue weighted by molar-refractivity contribution is 5.84. The molecule has 0 bridgehead atoms. The van der Waals surface area contributed by atoms with Gasteiger partial charge in [-0.1, -0.05) is 12.1 Å². The topological polar surface area (TPSA) is 74.8 Å². The molecule has 0 atom stereocenters. The lowest BCUT2D eigenvalue weighted by Crippen LogP contribution is -2.47. The molecule has 1 amide bonds. The third kappa shape index (κ3) is 8.06. The largest absolute Gasteiger partial charge is 0.484 e. The van der Waals surface area contributed by atoms with Crippen molar-refractivity contribution >= 4 is 11.9 Å². The first-order valence-electron chi connectivity index (χ1n) is 9.00.